The van der Waals surface area contributed by atoms with Crippen molar-refractivity contribution in [3.63, 3.8) is 0 Å². The maximum Gasteiger partial charge on any atom is 0.407 e. The highest BCUT2D eigenvalue weighted by Gasteiger charge is 2.36. The molecule has 0 aliphatic heterocycles. The van der Waals surface area contributed by atoms with Crippen LogP contribution < -0.4 is 10.6 Å². The van der Waals surface area contributed by atoms with Gasteiger partial charge in [0.25, 0.3) is 0 Å². The van der Waals surface area contributed by atoms with E-state index in [4.69, 9.17) is 4.74 Å². The highest BCUT2D eigenvalue weighted by Crippen LogP contribution is 2.44. The minimum Gasteiger partial charge on any atom is -0.481 e. The first-order valence-corrected chi connectivity index (χ1v) is 12.7. The summed E-state index contributed by atoms with van der Waals surface area (Å²) in [7, 11) is 0. The molecular weight excluding hydrogens is 444 g/mol. The van der Waals surface area contributed by atoms with Crippen molar-refractivity contribution < 1.29 is 24.2 Å². The fourth-order valence-electron chi connectivity index (χ4n) is 6.05. The number of carboxylic acid groups (broad SMARTS) is 1. The summed E-state index contributed by atoms with van der Waals surface area (Å²) in [5.41, 5.74) is 4.68. The lowest BCUT2D eigenvalue weighted by atomic mass is 9.83. The molecule has 0 bridgehead atoms. The van der Waals surface area contributed by atoms with E-state index in [0.717, 1.165) is 30.4 Å². The summed E-state index contributed by atoms with van der Waals surface area (Å²) in [6, 6.07) is 16.0. The maximum atomic E-state index is 13.0. The lowest BCUT2D eigenvalue weighted by molar-refractivity contribution is -0.141. The van der Waals surface area contributed by atoms with Gasteiger partial charge in [-0.05, 0) is 54.4 Å². The number of amides is 2. The van der Waals surface area contributed by atoms with Crippen LogP contribution in [-0.4, -0.2) is 41.8 Å². The average Bonchev–Trinajstić information content (AvgIpc) is 3.46. The Hall–Kier alpha value is -3.35. The number of carbonyl (C=O) groups is 3. The maximum absolute atomic E-state index is 13.0. The fraction of sp³-hybridized carbons (Fsp3) is 0.464. The molecule has 2 amide bonds. The molecule has 2 fully saturated rings. The Morgan fingerprint density at radius 2 is 1.51 bits per heavy atom. The average molecular weight is 477 g/mol. The molecule has 2 aromatic rings. The Kier molecular flexibility index (Phi) is 6.75. The van der Waals surface area contributed by atoms with Gasteiger partial charge in [0.1, 0.15) is 6.61 Å². The van der Waals surface area contributed by atoms with Gasteiger partial charge >= 0.3 is 12.1 Å². The van der Waals surface area contributed by atoms with Gasteiger partial charge in [-0.2, -0.15) is 0 Å². The molecule has 35 heavy (non-hydrogen) atoms. The zero-order chi connectivity index (χ0) is 24.4. The van der Waals surface area contributed by atoms with E-state index < -0.39 is 12.1 Å². The van der Waals surface area contributed by atoms with Crippen molar-refractivity contribution >= 4 is 18.0 Å². The molecule has 0 radical (unpaired) electrons. The molecule has 0 aromatic heterocycles. The third-order valence-electron chi connectivity index (χ3n) is 7.88. The third kappa shape index (κ3) is 4.90. The Morgan fingerprint density at radius 1 is 0.857 bits per heavy atom. The van der Waals surface area contributed by atoms with Crippen LogP contribution in [0.1, 0.15) is 62.0 Å². The smallest absolute Gasteiger partial charge is 0.407 e. The van der Waals surface area contributed by atoms with E-state index in [1.165, 1.54) is 11.1 Å². The Bertz CT molecular complexity index is 1070. The molecule has 0 heterocycles. The van der Waals surface area contributed by atoms with Crippen LogP contribution >= 0.6 is 0 Å². The number of nitrogens with one attached hydrogen (secondary N) is 2. The summed E-state index contributed by atoms with van der Waals surface area (Å²) in [5, 5.41) is 15.2. The number of fused-ring (bicyclic) bond motifs is 3. The van der Waals surface area contributed by atoms with Crippen LogP contribution in [0.5, 0.6) is 0 Å². The Balaban J connectivity index is 1.18. The molecule has 7 nitrogen and oxygen atoms in total. The van der Waals surface area contributed by atoms with Gasteiger partial charge in [-0.15, -0.1) is 0 Å². The molecule has 3 aliphatic carbocycles. The van der Waals surface area contributed by atoms with Gasteiger partial charge < -0.3 is 20.5 Å². The molecule has 3 aliphatic rings. The molecule has 3 N–H and O–H groups in total. The minimum atomic E-state index is -0.797. The van der Waals surface area contributed by atoms with E-state index in [-0.39, 0.29) is 42.4 Å². The van der Waals surface area contributed by atoms with Crippen LogP contribution in [-0.2, 0) is 14.3 Å². The monoisotopic (exact) mass is 476 g/mol. The number of hydrogen-bond acceptors (Lipinski definition) is 4. The summed E-state index contributed by atoms with van der Waals surface area (Å²) in [4.78, 5) is 37.0. The van der Waals surface area contributed by atoms with Gasteiger partial charge in [0, 0.05) is 18.0 Å². The predicted octanol–water partition coefficient (Wildman–Crippen LogP) is 4.45. The first-order chi connectivity index (χ1) is 17.0. The first-order valence-electron chi connectivity index (χ1n) is 12.7. The van der Waals surface area contributed by atoms with Gasteiger partial charge in [-0.3, -0.25) is 9.59 Å². The van der Waals surface area contributed by atoms with Crippen molar-refractivity contribution in [1.82, 2.24) is 10.6 Å². The van der Waals surface area contributed by atoms with Crippen LogP contribution in [0, 0.1) is 11.8 Å². The highest BCUT2D eigenvalue weighted by molar-refractivity contribution is 5.81. The molecule has 2 aromatic carbocycles. The van der Waals surface area contributed by atoms with Crippen LogP contribution in [0.4, 0.5) is 4.79 Å². The Morgan fingerprint density at radius 3 is 2.17 bits per heavy atom. The number of hydrogen-bond donors (Lipinski definition) is 3. The van der Waals surface area contributed by atoms with Gasteiger partial charge in [-0.25, -0.2) is 4.79 Å². The normalized spacial score (nSPS) is 25.4. The molecule has 0 saturated heterocycles. The molecule has 2 unspecified atom stereocenters. The number of carboxylic acids is 1. The van der Waals surface area contributed by atoms with E-state index in [0.29, 0.717) is 25.7 Å². The van der Waals surface area contributed by atoms with Crippen LogP contribution in [0.15, 0.2) is 48.5 Å². The second-order valence-corrected chi connectivity index (χ2v) is 10.0. The van der Waals surface area contributed by atoms with Crippen molar-refractivity contribution in [2.45, 2.75) is 62.9 Å². The van der Waals surface area contributed by atoms with Crippen LogP contribution in [0.25, 0.3) is 11.1 Å². The minimum absolute atomic E-state index is 0.0110. The molecule has 2 saturated carbocycles. The lowest BCUT2D eigenvalue weighted by Crippen LogP contribution is -2.50. The second-order valence-electron chi connectivity index (χ2n) is 10.0. The van der Waals surface area contributed by atoms with E-state index in [2.05, 4.69) is 34.9 Å². The standard InChI is InChI=1S/C28H32N2O5/c31-26(29-18-14-13-17(15-18)27(32)33)23-11-5-6-12-25(23)30-28(34)35-16-24-21-9-3-1-7-19(21)20-8-2-4-10-22(20)24/h1-4,7-10,17-18,23-25H,5-6,11-16H2,(H,29,31)(H,30,34)(H,32,33)/t17?,18?,23-,25+/m1/s1. The van der Waals surface area contributed by atoms with E-state index in [9.17, 15) is 19.5 Å². The number of carbonyl (C=O) groups excluding carboxylic acids is 2. The molecule has 184 valence electrons. The number of alkyl carbamates (subject to hydrolysis) is 1. The molecule has 0 spiro atoms. The summed E-state index contributed by atoms with van der Waals surface area (Å²) < 4.78 is 5.70. The largest absolute Gasteiger partial charge is 0.481 e. The van der Waals surface area contributed by atoms with Gasteiger partial charge in [-0.1, -0.05) is 61.4 Å². The van der Waals surface area contributed by atoms with Gasteiger partial charge in [0.15, 0.2) is 0 Å². The number of ether oxygens (including phenoxy) is 1. The van der Waals surface area contributed by atoms with E-state index in [1.54, 1.807) is 0 Å². The molecular formula is C28H32N2O5. The predicted molar refractivity (Wildman–Crippen MR) is 131 cm³/mol. The molecule has 5 rings (SSSR count). The summed E-state index contributed by atoms with van der Waals surface area (Å²) in [6.45, 7) is 0.238. The molecule has 7 heteroatoms. The van der Waals surface area contributed by atoms with E-state index >= 15 is 0 Å². The van der Waals surface area contributed by atoms with Crippen molar-refractivity contribution in [1.29, 1.82) is 0 Å². The van der Waals surface area contributed by atoms with Crippen molar-refractivity contribution in [3.05, 3.63) is 59.7 Å². The second kappa shape index (κ2) is 10.1. The highest BCUT2D eigenvalue weighted by atomic mass is 16.5. The van der Waals surface area contributed by atoms with Crippen molar-refractivity contribution in [2.24, 2.45) is 11.8 Å². The number of rotatable bonds is 6. The SMILES string of the molecule is O=C(N[C@H]1CCCC[C@H]1C(=O)NC1CCC(C(=O)O)C1)OCC1c2ccccc2-c2ccccc21. The quantitative estimate of drug-likeness (QED) is 0.571. The summed E-state index contributed by atoms with van der Waals surface area (Å²) in [5.74, 6) is -1.61. The first kappa shape index (κ1) is 23.4. The number of aliphatic carboxylic acids is 1. The zero-order valence-electron chi connectivity index (χ0n) is 19.7. The molecule has 4 atom stereocenters. The zero-order valence-corrected chi connectivity index (χ0v) is 19.7. The summed E-state index contributed by atoms with van der Waals surface area (Å²) in [6.07, 6.45) is 4.56. The topological polar surface area (TPSA) is 105 Å². The Labute approximate surface area is 205 Å². The van der Waals surface area contributed by atoms with Crippen LogP contribution in [0.2, 0.25) is 0 Å². The summed E-state index contributed by atoms with van der Waals surface area (Å²) >= 11 is 0. The van der Waals surface area contributed by atoms with E-state index in [1.807, 2.05) is 24.3 Å². The fourth-order valence-corrected chi connectivity index (χ4v) is 6.05. The van der Waals surface area contributed by atoms with Crippen molar-refractivity contribution in [2.75, 3.05) is 6.61 Å². The number of benzene rings is 2. The van der Waals surface area contributed by atoms with Crippen LogP contribution in [0.3, 0.4) is 0 Å². The third-order valence-corrected chi connectivity index (χ3v) is 7.88. The lowest BCUT2D eigenvalue weighted by Gasteiger charge is -2.32. The van der Waals surface area contributed by atoms with Gasteiger partial charge in [0.05, 0.1) is 11.8 Å². The van der Waals surface area contributed by atoms with Crippen molar-refractivity contribution in [3.8, 4) is 11.1 Å². The van der Waals surface area contributed by atoms with Gasteiger partial charge in [0.2, 0.25) is 5.91 Å².